The van der Waals surface area contributed by atoms with Gasteiger partial charge >= 0.3 is 0 Å². The van der Waals surface area contributed by atoms with Crippen LogP contribution in [-0.2, 0) is 14.4 Å². The van der Waals surface area contributed by atoms with Gasteiger partial charge in [0.15, 0.2) is 29.7 Å². The summed E-state index contributed by atoms with van der Waals surface area (Å²) in [4.78, 5) is 41.4. The van der Waals surface area contributed by atoms with Crippen LogP contribution in [0.2, 0.25) is 5.02 Å². The quantitative estimate of drug-likeness (QED) is 0.423. The molecule has 8 heteroatoms. The van der Waals surface area contributed by atoms with Gasteiger partial charge in [0.1, 0.15) is 0 Å². The van der Waals surface area contributed by atoms with Crippen LogP contribution in [0.1, 0.15) is 63.9 Å². The second-order valence-corrected chi connectivity index (χ2v) is 10.4. The highest BCUT2D eigenvalue weighted by Gasteiger charge is 2.43. The Morgan fingerprint density at radius 3 is 2.13 bits per heavy atom. The van der Waals surface area contributed by atoms with E-state index in [0.717, 1.165) is 60.3 Å². The molecule has 2 aromatic rings. The van der Waals surface area contributed by atoms with E-state index in [1.54, 1.807) is 30.3 Å². The number of Topliss-reactive ketones (excluding diaryl/α,β-unsaturated/α-hetero) is 2. The van der Waals surface area contributed by atoms with Gasteiger partial charge in [0, 0.05) is 58.6 Å². The van der Waals surface area contributed by atoms with Crippen LogP contribution in [0.4, 0.5) is 5.69 Å². The summed E-state index contributed by atoms with van der Waals surface area (Å²) in [6.07, 6.45) is 4.30. The van der Waals surface area contributed by atoms with Crippen LogP contribution in [0.5, 0.6) is 11.5 Å². The molecule has 1 heterocycles. The molecule has 0 atom stereocenters. The Hall–Kier alpha value is -3.58. The molecule has 204 valence electrons. The minimum atomic E-state index is -0.417. The fourth-order valence-electron chi connectivity index (χ4n) is 5.90. The highest BCUT2D eigenvalue weighted by Crippen LogP contribution is 2.50. The van der Waals surface area contributed by atoms with E-state index in [2.05, 4.69) is 17.1 Å². The van der Waals surface area contributed by atoms with Crippen molar-refractivity contribution in [2.75, 3.05) is 25.1 Å². The van der Waals surface area contributed by atoms with Crippen LogP contribution >= 0.6 is 11.6 Å². The first-order valence-electron chi connectivity index (χ1n) is 13.7. The molecule has 2 aromatic carbocycles. The third-order valence-corrected chi connectivity index (χ3v) is 7.74. The number of ether oxygens (including phenoxy) is 2. The van der Waals surface area contributed by atoms with Crippen LogP contribution in [0.3, 0.4) is 0 Å². The van der Waals surface area contributed by atoms with E-state index in [4.69, 9.17) is 21.1 Å². The topological polar surface area (TPSA) is 84.9 Å². The normalized spacial score (nSPS) is 17.7. The molecule has 3 aliphatic rings. The smallest absolute Gasteiger partial charge is 0.262 e. The second-order valence-electron chi connectivity index (χ2n) is 9.93. The van der Waals surface area contributed by atoms with Crippen LogP contribution in [-0.4, -0.2) is 42.1 Å². The Labute approximate surface area is 233 Å². The molecule has 0 spiro atoms. The fourth-order valence-corrected chi connectivity index (χ4v) is 6.02. The van der Waals surface area contributed by atoms with Gasteiger partial charge in [-0.1, -0.05) is 17.7 Å². The van der Waals surface area contributed by atoms with Gasteiger partial charge in [0.25, 0.3) is 5.91 Å². The first kappa shape index (κ1) is 27.0. The number of halogens is 1. The van der Waals surface area contributed by atoms with Crippen molar-refractivity contribution in [3.8, 4) is 11.5 Å². The molecule has 1 aliphatic heterocycles. The van der Waals surface area contributed by atoms with E-state index >= 15 is 0 Å². The van der Waals surface area contributed by atoms with Crippen molar-refractivity contribution < 1.29 is 23.9 Å². The van der Waals surface area contributed by atoms with Gasteiger partial charge in [0.2, 0.25) is 0 Å². The minimum Gasteiger partial charge on any atom is -0.490 e. The number of benzene rings is 2. The SMILES string of the molecule is CCOc1cc(C2C3=C(CCCC3=O)N(CC)C3=C2C(=O)CCC3)ccc1OCC(=O)Nc1ccc(Cl)cc1. The van der Waals surface area contributed by atoms with Gasteiger partial charge in [-0.2, -0.15) is 0 Å². The molecule has 0 bridgehead atoms. The summed E-state index contributed by atoms with van der Waals surface area (Å²) in [5.74, 6) is 0.388. The maximum Gasteiger partial charge on any atom is 0.262 e. The molecular weight excluding hydrogens is 516 g/mol. The highest BCUT2D eigenvalue weighted by molar-refractivity contribution is 6.30. The third-order valence-electron chi connectivity index (χ3n) is 7.49. The summed E-state index contributed by atoms with van der Waals surface area (Å²) >= 11 is 5.91. The van der Waals surface area contributed by atoms with E-state index in [1.165, 1.54) is 0 Å². The van der Waals surface area contributed by atoms with Crippen molar-refractivity contribution >= 4 is 34.8 Å². The Morgan fingerprint density at radius 2 is 1.54 bits per heavy atom. The van der Waals surface area contributed by atoms with Crippen LogP contribution in [0, 0.1) is 0 Å². The lowest BCUT2D eigenvalue weighted by Crippen LogP contribution is -2.39. The van der Waals surface area contributed by atoms with E-state index < -0.39 is 5.92 Å². The Morgan fingerprint density at radius 1 is 0.897 bits per heavy atom. The Bertz CT molecular complexity index is 1320. The number of allylic oxidation sites excluding steroid dienone is 4. The van der Waals surface area contributed by atoms with Crippen molar-refractivity contribution in [3.63, 3.8) is 0 Å². The number of hydrogen-bond acceptors (Lipinski definition) is 6. The summed E-state index contributed by atoms with van der Waals surface area (Å²) in [5, 5.41) is 3.37. The fraction of sp³-hybridized carbons (Fsp3) is 0.387. The number of hydrogen-bond donors (Lipinski definition) is 1. The van der Waals surface area contributed by atoms with E-state index in [9.17, 15) is 14.4 Å². The van der Waals surface area contributed by atoms with E-state index in [0.29, 0.717) is 41.7 Å². The Kier molecular flexibility index (Phi) is 8.07. The number of rotatable bonds is 8. The third kappa shape index (κ3) is 5.46. The monoisotopic (exact) mass is 548 g/mol. The molecule has 7 nitrogen and oxygen atoms in total. The maximum absolute atomic E-state index is 13.4. The molecule has 2 aliphatic carbocycles. The van der Waals surface area contributed by atoms with Crippen molar-refractivity contribution in [2.45, 2.75) is 58.3 Å². The summed E-state index contributed by atoms with van der Waals surface area (Å²) in [7, 11) is 0. The van der Waals surface area contributed by atoms with Crippen molar-refractivity contribution in [2.24, 2.45) is 0 Å². The average molecular weight is 549 g/mol. The maximum atomic E-state index is 13.4. The number of nitrogens with zero attached hydrogens (tertiary/aromatic N) is 1. The lowest BCUT2D eigenvalue weighted by Gasteiger charge is -2.43. The standard InChI is InChI=1S/C31H33ClN2O5/c1-3-34-22-7-5-9-24(35)30(22)29(31-23(34)8-6-10-25(31)36)19-11-16-26(27(17-19)38-4-2)39-18-28(37)33-21-14-12-20(32)13-15-21/h11-17,29H,3-10,18H2,1-2H3,(H,33,37). The van der Waals surface area contributed by atoms with Gasteiger partial charge < -0.3 is 19.7 Å². The number of amides is 1. The van der Waals surface area contributed by atoms with Crippen LogP contribution in [0.15, 0.2) is 65.0 Å². The number of carbonyl (C=O) groups is 3. The van der Waals surface area contributed by atoms with Gasteiger partial charge in [0.05, 0.1) is 6.61 Å². The van der Waals surface area contributed by atoms with Crippen molar-refractivity contribution in [1.29, 1.82) is 0 Å². The summed E-state index contributed by atoms with van der Waals surface area (Å²) in [6, 6.07) is 12.4. The van der Waals surface area contributed by atoms with Gasteiger partial charge in [-0.05, 0) is 81.5 Å². The highest BCUT2D eigenvalue weighted by atomic mass is 35.5. The van der Waals surface area contributed by atoms with E-state index in [-0.39, 0.29) is 24.1 Å². The number of nitrogens with one attached hydrogen (secondary N) is 1. The summed E-state index contributed by atoms with van der Waals surface area (Å²) in [5.41, 5.74) is 5.06. The van der Waals surface area contributed by atoms with E-state index in [1.807, 2.05) is 19.1 Å². The summed E-state index contributed by atoms with van der Waals surface area (Å²) in [6.45, 7) is 4.87. The molecule has 0 saturated carbocycles. The minimum absolute atomic E-state index is 0.113. The Balaban J connectivity index is 1.46. The predicted octanol–water partition coefficient (Wildman–Crippen LogP) is 6.19. The molecule has 1 amide bonds. The second kappa shape index (κ2) is 11.7. The first-order valence-corrected chi connectivity index (χ1v) is 14.0. The molecule has 0 saturated heterocycles. The summed E-state index contributed by atoms with van der Waals surface area (Å²) < 4.78 is 11.8. The molecule has 0 unspecified atom stereocenters. The largest absolute Gasteiger partial charge is 0.490 e. The van der Waals surface area contributed by atoms with Gasteiger partial charge in [-0.15, -0.1) is 0 Å². The molecule has 5 rings (SSSR count). The lowest BCUT2D eigenvalue weighted by molar-refractivity contribution is -0.118. The molecule has 0 radical (unpaired) electrons. The zero-order valence-corrected chi connectivity index (χ0v) is 23.1. The zero-order valence-electron chi connectivity index (χ0n) is 22.3. The van der Waals surface area contributed by atoms with Crippen molar-refractivity contribution in [1.82, 2.24) is 4.90 Å². The van der Waals surface area contributed by atoms with Gasteiger partial charge in [-0.3, -0.25) is 14.4 Å². The number of anilines is 1. The van der Waals surface area contributed by atoms with Crippen molar-refractivity contribution in [3.05, 3.63) is 75.6 Å². The van der Waals surface area contributed by atoms with Crippen LogP contribution in [0.25, 0.3) is 0 Å². The molecular formula is C31H33ClN2O5. The predicted molar refractivity (Wildman–Crippen MR) is 150 cm³/mol. The van der Waals surface area contributed by atoms with Gasteiger partial charge in [-0.25, -0.2) is 0 Å². The number of ketones is 2. The first-order chi connectivity index (χ1) is 18.9. The molecule has 0 aromatic heterocycles. The zero-order chi connectivity index (χ0) is 27.5. The average Bonchev–Trinajstić information content (AvgIpc) is 2.93. The number of carbonyl (C=O) groups excluding carboxylic acids is 3. The van der Waals surface area contributed by atoms with Crippen LogP contribution < -0.4 is 14.8 Å². The lowest BCUT2D eigenvalue weighted by atomic mass is 9.71. The molecule has 0 fully saturated rings. The molecule has 1 N–H and O–H groups in total. The molecule has 39 heavy (non-hydrogen) atoms.